The second-order valence-corrected chi connectivity index (χ2v) is 7.37. The Hall–Kier alpha value is -2.82. The zero-order valence-electron chi connectivity index (χ0n) is 15.9. The predicted octanol–water partition coefficient (Wildman–Crippen LogP) is 3.29. The maximum atomic E-state index is 12.3. The van der Waals surface area contributed by atoms with Gasteiger partial charge in [-0.15, -0.1) is 0 Å². The Morgan fingerprint density at radius 1 is 0.962 bits per heavy atom. The van der Waals surface area contributed by atoms with Crippen molar-refractivity contribution in [2.45, 2.75) is 32.9 Å². The van der Waals surface area contributed by atoms with E-state index in [9.17, 15) is 9.59 Å². The summed E-state index contributed by atoms with van der Waals surface area (Å²) >= 11 is 0. The van der Waals surface area contributed by atoms with E-state index in [-0.39, 0.29) is 23.9 Å². The van der Waals surface area contributed by atoms with Gasteiger partial charge in [0.15, 0.2) is 0 Å². The van der Waals surface area contributed by atoms with Crippen LogP contribution in [0.2, 0.25) is 0 Å². The minimum absolute atomic E-state index is 0.00315. The van der Waals surface area contributed by atoms with Gasteiger partial charge in [0, 0.05) is 30.4 Å². The monoisotopic (exact) mass is 353 g/mol. The number of hydrogen-bond acceptors (Lipinski definition) is 3. The molecular weight excluding hydrogens is 326 g/mol. The molecule has 0 bridgehead atoms. The Bertz CT molecular complexity index is 734. The first-order valence-electron chi connectivity index (χ1n) is 8.69. The Morgan fingerprint density at radius 2 is 1.58 bits per heavy atom. The third-order valence-electron chi connectivity index (χ3n) is 3.77. The molecule has 5 nitrogen and oxygen atoms in total. The number of rotatable bonds is 6. The Kier molecular flexibility index (Phi) is 6.39. The number of anilines is 1. The molecule has 0 spiro atoms. The van der Waals surface area contributed by atoms with Gasteiger partial charge in [0.25, 0.3) is 5.91 Å². The van der Waals surface area contributed by atoms with Crippen molar-refractivity contribution in [2.24, 2.45) is 0 Å². The van der Waals surface area contributed by atoms with Crippen LogP contribution in [0.3, 0.4) is 0 Å². The molecule has 0 radical (unpaired) electrons. The summed E-state index contributed by atoms with van der Waals surface area (Å²) in [5.74, 6) is -0.105. The molecule has 0 saturated carbocycles. The fourth-order valence-electron chi connectivity index (χ4n) is 2.41. The van der Waals surface area contributed by atoms with Crippen molar-refractivity contribution < 1.29 is 9.59 Å². The van der Waals surface area contributed by atoms with E-state index in [1.54, 1.807) is 24.1 Å². The molecule has 138 valence electrons. The first-order valence-corrected chi connectivity index (χ1v) is 8.69. The lowest BCUT2D eigenvalue weighted by atomic mass is 10.1. The molecule has 0 aliphatic rings. The second-order valence-electron chi connectivity index (χ2n) is 7.37. The lowest BCUT2D eigenvalue weighted by molar-refractivity contribution is -0.128. The predicted molar refractivity (Wildman–Crippen MR) is 105 cm³/mol. The summed E-state index contributed by atoms with van der Waals surface area (Å²) in [6.07, 6.45) is 0. The Morgan fingerprint density at radius 3 is 2.15 bits per heavy atom. The number of nitrogens with zero attached hydrogens (tertiary/aromatic N) is 1. The van der Waals surface area contributed by atoms with Gasteiger partial charge in [0.1, 0.15) is 0 Å². The minimum Gasteiger partial charge on any atom is -0.376 e. The molecule has 2 aromatic rings. The number of amides is 2. The third kappa shape index (κ3) is 6.24. The van der Waals surface area contributed by atoms with E-state index in [1.807, 2.05) is 63.2 Å². The Labute approximate surface area is 155 Å². The van der Waals surface area contributed by atoms with Crippen molar-refractivity contribution in [3.05, 3.63) is 65.7 Å². The topological polar surface area (TPSA) is 61.4 Å². The van der Waals surface area contributed by atoms with E-state index in [0.29, 0.717) is 12.1 Å². The van der Waals surface area contributed by atoms with Crippen LogP contribution in [0.4, 0.5) is 5.69 Å². The smallest absolute Gasteiger partial charge is 0.251 e. The number of carbonyl (C=O) groups excluding carboxylic acids is 2. The maximum absolute atomic E-state index is 12.3. The largest absolute Gasteiger partial charge is 0.376 e. The van der Waals surface area contributed by atoms with E-state index in [2.05, 4.69) is 10.6 Å². The first kappa shape index (κ1) is 19.5. The van der Waals surface area contributed by atoms with Crippen LogP contribution in [0.1, 0.15) is 36.7 Å². The molecule has 5 heteroatoms. The number of carbonyl (C=O) groups is 2. The maximum Gasteiger partial charge on any atom is 0.251 e. The van der Waals surface area contributed by atoms with Crippen molar-refractivity contribution in [3.8, 4) is 0 Å². The summed E-state index contributed by atoms with van der Waals surface area (Å²) in [7, 11) is 1.79. The van der Waals surface area contributed by atoms with Gasteiger partial charge >= 0.3 is 0 Å². The third-order valence-corrected chi connectivity index (χ3v) is 3.77. The van der Waals surface area contributed by atoms with Crippen molar-refractivity contribution in [1.29, 1.82) is 0 Å². The average molecular weight is 353 g/mol. The summed E-state index contributed by atoms with van der Waals surface area (Å²) in [5, 5.41) is 6.03. The average Bonchev–Trinajstić information content (AvgIpc) is 2.59. The first-order chi connectivity index (χ1) is 12.2. The van der Waals surface area contributed by atoms with Crippen LogP contribution in [0.25, 0.3) is 0 Å². The number of nitrogens with one attached hydrogen (secondary N) is 2. The standard InChI is InChI=1S/C21H27N3O2/c1-21(2,3)23-20(26)17-10-12-18(13-11-17)22-14-19(25)24(4)15-16-8-6-5-7-9-16/h5-13,22H,14-15H2,1-4H3,(H,23,26). The SMILES string of the molecule is CN(Cc1ccccc1)C(=O)CNc1ccc(C(=O)NC(C)(C)C)cc1. The number of likely N-dealkylation sites (N-methyl/N-ethyl adjacent to an activating group) is 1. The highest BCUT2D eigenvalue weighted by Crippen LogP contribution is 2.11. The van der Waals surface area contributed by atoms with Crippen molar-refractivity contribution in [1.82, 2.24) is 10.2 Å². The molecule has 2 aromatic carbocycles. The summed E-state index contributed by atoms with van der Waals surface area (Å²) in [4.78, 5) is 26.0. The molecule has 0 atom stereocenters. The summed E-state index contributed by atoms with van der Waals surface area (Å²) in [6.45, 7) is 6.61. The number of benzene rings is 2. The highest BCUT2D eigenvalue weighted by molar-refractivity contribution is 5.95. The van der Waals surface area contributed by atoms with Gasteiger partial charge in [0.2, 0.25) is 5.91 Å². The summed E-state index contributed by atoms with van der Waals surface area (Å²) in [5.41, 5.74) is 2.22. The molecule has 0 fully saturated rings. The van der Waals surface area contributed by atoms with E-state index in [4.69, 9.17) is 0 Å². The van der Waals surface area contributed by atoms with Gasteiger partial charge < -0.3 is 15.5 Å². The van der Waals surface area contributed by atoms with E-state index in [1.165, 1.54) is 0 Å². The van der Waals surface area contributed by atoms with Crippen LogP contribution in [0.15, 0.2) is 54.6 Å². The van der Waals surface area contributed by atoms with Crippen LogP contribution in [0, 0.1) is 0 Å². The fraction of sp³-hybridized carbons (Fsp3) is 0.333. The zero-order valence-corrected chi connectivity index (χ0v) is 15.9. The quantitative estimate of drug-likeness (QED) is 0.838. The van der Waals surface area contributed by atoms with E-state index in [0.717, 1.165) is 11.3 Å². The Balaban J connectivity index is 1.85. The summed E-state index contributed by atoms with van der Waals surface area (Å²) in [6, 6.07) is 17.0. The molecule has 0 saturated heterocycles. The molecule has 0 aromatic heterocycles. The van der Waals surface area contributed by atoms with Crippen LogP contribution >= 0.6 is 0 Å². The van der Waals surface area contributed by atoms with Crippen LogP contribution in [-0.2, 0) is 11.3 Å². The lowest BCUT2D eigenvalue weighted by Crippen LogP contribution is -2.40. The molecule has 0 aliphatic heterocycles. The zero-order chi connectivity index (χ0) is 19.2. The molecule has 2 rings (SSSR count). The summed E-state index contributed by atoms with van der Waals surface area (Å²) < 4.78 is 0. The van der Waals surface area contributed by atoms with Gasteiger partial charge in [0.05, 0.1) is 6.54 Å². The van der Waals surface area contributed by atoms with Gasteiger partial charge in [-0.05, 0) is 50.6 Å². The van der Waals surface area contributed by atoms with E-state index >= 15 is 0 Å². The highest BCUT2D eigenvalue weighted by atomic mass is 16.2. The molecule has 26 heavy (non-hydrogen) atoms. The molecular formula is C21H27N3O2. The molecule has 0 unspecified atom stereocenters. The van der Waals surface area contributed by atoms with Gasteiger partial charge in [-0.25, -0.2) is 0 Å². The highest BCUT2D eigenvalue weighted by Gasteiger charge is 2.15. The van der Waals surface area contributed by atoms with Crippen molar-refractivity contribution >= 4 is 17.5 Å². The van der Waals surface area contributed by atoms with Crippen molar-refractivity contribution in [3.63, 3.8) is 0 Å². The molecule has 2 N–H and O–H groups in total. The number of hydrogen-bond donors (Lipinski definition) is 2. The van der Waals surface area contributed by atoms with Crippen LogP contribution in [-0.4, -0.2) is 35.8 Å². The van der Waals surface area contributed by atoms with E-state index < -0.39 is 0 Å². The van der Waals surface area contributed by atoms with Gasteiger partial charge in [-0.2, -0.15) is 0 Å². The fourth-order valence-corrected chi connectivity index (χ4v) is 2.41. The normalized spacial score (nSPS) is 10.9. The second kappa shape index (κ2) is 8.52. The minimum atomic E-state index is -0.274. The van der Waals surface area contributed by atoms with Gasteiger partial charge in [-0.3, -0.25) is 9.59 Å². The van der Waals surface area contributed by atoms with Crippen LogP contribution in [0.5, 0.6) is 0 Å². The molecule has 0 aliphatic carbocycles. The van der Waals surface area contributed by atoms with Gasteiger partial charge in [-0.1, -0.05) is 30.3 Å². The molecule has 2 amide bonds. The molecule has 0 heterocycles. The van der Waals surface area contributed by atoms with Crippen LogP contribution < -0.4 is 10.6 Å². The lowest BCUT2D eigenvalue weighted by Gasteiger charge is -2.20. The van der Waals surface area contributed by atoms with Crippen molar-refractivity contribution in [2.75, 3.05) is 18.9 Å².